The van der Waals surface area contributed by atoms with Gasteiger partial charge in [-0.1, -0.05) is 23.7 Å². The zero-order chi connectivity index (χ0) is 21.6. The van der Waals surface area contributed by atoms with Gasteiger partial charge < -0.3 is 19.2 Å². The van der Waals surface area contributed by atoms with Gasteiger partial charge in [0.05, 0.1) is 13.2 Å². The standard InChI is InChI=1S/C24H25ClN2O4/c1-17-13-19(25)5-7-22(17)30-16-21-6-8-23(31-21)24(28)26-20-4-2-3-18(14-20)15-27-9-11-29-12-10-27/h2-8,13-14H,9-12,15-16H2,1H3,(H,26,28). The Labute approximate surface area is 186 Å². The molecule has 1 aromatic heterocycles. The molecule has 1 fully saturated rings. The van der Waals surface area contributed by atoms with Crippen LogP contribution in [0.1, 0.15) is 27.4 Å². The summed E-state index contributed by atoms with van der Waals surface area (Å²) in [6.45, 7) is 6.35. The summed E-state index contributed by atoms with van der Waals surface area (Å²) in [6, 6.07) is 16.7. The third-order valence-electron chi connectivity index (χ3n) is 5.09. The third kappa shape index (κ3) is 5.88. The average molecular weight is 441 g/mol. The molecule has 1 aliphatic rings. The van der Waals surface area contributed by atoms with Crippen molar-refractivity contribution in [3.05, 3.63) is 82.3 Å². The van der Waals surface area contributed by atoms with Crippen LogP contribution in [0.3, 0.4) is 0 Å². The molecule has 0 radical (unpaired) electrons. The summed E-state index contributed by atoms with van der Waals surface area (Å²) in [5.41, 5.74) is 2.82. The Hall–Kier alpha value is -2.80. The van der Waals surface area contributed by atoms with Crippen LogP contribution in [0.5, 0.6) is 5.75 Å². The smallest absolute Gasteiger partial charge is 0.291 e. The van der Waals surface area contributed by atoms with Gasteiger partial charge in [-0.25, -0.2) is 0 Å². The highest BCUT2D eigenvalue weighted by Gasteiger charge is 2.14. The summed E-state index contributed by atoms with van der Waals surface area (Å²) >= 11 is 5.97. The largest absolute Gasteiger partial charge is 0.485 e. The van der Waals surface area contributed by atoms with Crippen LogP contribution in [-0.2, 0) is 17.9 Å². The molecule has 3 aromatic rings. The van der Waals surface area contributed by atoms with Gasteiger partial charge in [0.15, 0.2) is 5.76 Å². The van der Waals surface area contributed by atoms with Crippen molar-refractivity contribution in [2.75, 3.05) is 31.6 Å². The molecule has 0 unspecified atom stereocenters. The summed E-state index contributed by atoms with van der Waals surface area (Å²) in [5.74, 6) is 1.24. The fourth-order valence-electron chi connectivity index (χ4n) is 3.46. The molecular formula is C24H25ClN2O4. The Kier molecular flexibility index (Phi) is 6.92. The van der Waals surface area contributed by atoms with Crippen molar-refractivity contribution < 1.29 is 18.7 Å². The van der Waals surface area contributed by atoms with Gasteiger partial charge in [0.1, 0.15) is 18.1 Å². The van der Waals surface area contributed by atoms with Crippen molar-refractivity contribution in [2.45, 2.75) is 20.1 Å². The van der Waals surface area contributed by atoms with E-state index in [1.165, 1.54) is 0 Å². The maximum absolute atomic E-state index is 12.6. The van der Waals surface area contributed by atoms with Crippen molar-refractivity contribution in [3.63, 3.8) is 0 Å². The molecule has 4 rings (SSSR count). The minimum Gasteiger partial charge on any atom is -0.485 e. The number of aryl methyl sites for hydroxylation is 1. The number of amides is 1. The Morgan fingerprint density at radius 1 is 1.13 bits per heavy atom. The molecule has 0 bridgehead atoms. The molecule has 1 saturated heterocycles. The van der Waals surface area contributed by atoms with Gasteiger partial charge in [-0.2, -0.15) is 0 Å². The number of benzene rings is 2. The lowest BCUT2D eigenvalue weighted by Gasteiger charge is -2.26. The van der Waals surface area contributed by atoms with E-state index in [0.29, 0.717) is 10.8 Å². The van der Waals surface area contributed by atoms with Crippen LogP contribution in [0.15, 0.2) is 59.0 Å². The van der Waals surface area contributed by atoms with Crippen LogP contribution in [0.25, 0.3) is 0 Å². The SMILES string of the molecule is Cc1cc(Cl)ccc1OCc1ccc(C(=O)Nc2cccc(CN3CCOCC3)c2)o1. The highest BCUT2D eigenvalue weighted by molar-refractivity contribution is 6.30. The molecule has 0 saturated carbocycles. The molecule has 0 aliphatic carbocycles. The summed E-state index contributed by atoms with van der Waals surface area (Å²) in [4.78, 5) is 14.9. The Morgan fingerprint density at radius 3 is 2.77 bits per heavy atom. The minimum absolute atomic E-state index is 0.227. The molecule has 162 valence electrons. The monoisotopic (exact) mass is 440 g/mol. The van der Waals surface area contributed by atoms with E-state index in [1.807, 2.05) is 37.3 Å². The number of hydrogen-bond donors (Lipinski definition) is 1. The van der Waals surface area contributed by atoms with E-state index in [4.69, 9.17) is 25.5 Å². The van der Waals surface area contributed by atoms with Gasteiger partial charge in [-0.05, 0) is 60.5 Å². The van der Waals surface area contributed by atoms with Crippen molar-refractivity contribution in [3.8, 4) is 5.75 Å². The second kappa shape index (κ2) is 10.0. The van der Waals surface area contributed by atoms with E-state index in [-0.39, 0.29) is 18.3 Å². The van der Waals surface area contributed by atoms with Crippen molar-refractivity contribution >= 4 is 23.2 Å². The van der Waals surface area contributed by atoms with Gasteiger partial charge in [0.25, 0.3) is 5.91 Å². The molecule has 1 aliphatic heterocycles. The van der Waals surface area contributed by atoms with E-state index in [2.05, 4.69) is 16.3 Å². The highest BCUT2D eigenvalue weighted by Crippen LogP contribution is 2.23. The average Bonchev–Trinajstić information content (AvgIpc) is 3.23. The van der Waals surface area contributed by atoms with Crippen LogP contribution in [0, 0.1) is 6.92 Å². The Morgan fingerprint density at radius 2 is 1.97 bits per heavy atom. The molecule has 2 heterocycles. The summed E-state index contributed by atoms with van der Waals surface area (Å²) < 4.78 is 16.8. The summed E-state index contributed by atoms with van der Waals surface area (Å²) in [6.07, 6.45) is 0. The molecule has 1 amide bonds. The van der Waals surface area contributed by atoms with Gasteiger partial charge in [-0.15, -0.1) is 0 Å². The van der Waals surface area contributed by atoms with Gasteiger partial charge in [0, 0.05) is 30.3 Å². The van der Waals surface area contributed by atoms with Gasteiger partial charge in [0.2, 0.25) is 0 Å². The highest BCUT2D eigenvalue weighted by atomic mass is 35.5. The predicted molar refractivity (Wildman–Crippen MR) is 120 cm³/mol. The van der Waals surface area contributed by atoms with E-state index < -0.39 is 0 Å². The number of morpholine rings is 1. The number of carbonyl (C=O) groups excluding carboxylic acids is 1. The predicted octanol–water partition coefficient (Wildman–Crippen LogP) is 4.90. The first kappa shape index (κ1) is 21.4. The number of nitrogens with zero attached hydrogens (tertiary/aromatic N) is 1. The minimum atomic E-state index is -0.294. The Bertz CT molecular complexity index is 1040. The van der Waals surface area contributed by atoms with Crippen molar-refractivity contribution in [1.82, 2.24) is 4.90 Å². The zero-order valence-corrected chi connectivity index (χ0v) is 18.2. The number of furan rings is 1. The number of ether oxygens (including phenoxy) is 2. The maximum Gasteiger partial charge on any atom is 0.291 e. The summed E-state index contributed by atoms with van der Waals surface area (Å²) in [5, 5.41) is 3.57. The summed E-state index contributed by atoms with van der Waals surface area (Å²) in [7, 11) is 0. The van der Waals surface area contributed by atoms with Crippen LogP contribution < -0.4 is 10.1 Å². The molecule has 6 nitrogen and oxygen atoms in total. The number of halogens is 1. The fourth-order valence-corrected chi connectivity index (χ4v) is 3.69. The fraction of sp³-hybridized carbons (Fsp3) is 0.292. The van der Waals surface area contributed by atoms with Crippen molar-refractivity contribution in [1.29, 1.82) is 0 Å². The van der Waals surface area contributed by atoms with Crippen LogP contribution >= 0.6 is 11.6 Å². The number of hydrogen-bond acceptors (Lipinski definition) is 5. The normalized spacial score (nSPS) is 14.4. The third-order valence-corrected chi connectivity index (χ3v) is 5.32. The molecule has 0 atom stereocenters. The second-order valence-corrected chi connectivity index (χ2v) is 7.94. The number of nitrogens with one attached hydrogen (secondary N) is 1. The topological polar surface area (TPSA) is 63.9 Å². The first-order valence-corrected chi connectivity index (χ1v) is 10.6. The molecule has 2 aromatic carbocycles. The lowest BCUT2D eigenvalue weighted by molar-refractivity contribution is 0.0342. The van der Waals surface area contributed by atoms with E-state index >= 15 is 0 Å². The van der Waals surface area contributed by atoms with Crippen molar-refractivity contribution in [2.24, 2.45) is 0 Å². The zero-order valence-electron chi connectivity index (χ0n) is 17.4. The lowest BCUT2D eigenvalue weighted by Crippen LogP contribution is -2.35. The first-order valence-electron chi connectivity index (χ1n) is 10.2. The maximum atomic E-state index is 12.6. The quantitative estimate of drug-likeness (QED) is 0.565. The molecule has 7 heteroatoms. The van der Waals surface area contributed by atoms with Crippen LogP contribution in [-0.4, -0.2) is 37.1 Å². The van der Waals surface area contributed by atoms with Gasteiger partial charge >= 0.3 is 0 Å². The molecule has 31 heavy (non-hydrogen) atoms. The number of anilines is 1. The van der Waals surface area contributed by atoms with Crippen LogP contribution in [0.2, 0.25) is 5.02 Å². The molecule has 1 N–H and O–H groups in total. The first-order chi connectivity index (χ1) is 15.1. The second-order valence-electron chi connectivity index (χ2n) is 7.51. The van der Waals surface area contributed by atoms with Gasteiger partial charge in [-0.3, -0.25) is 9.69 Å². The van der Waals surface area contributed by atoms with Crippen LogP contribution in [0.4, 0.5) is 5.69 Å². The number of carbonyl (C=O) groups is 1. The molecular weight excluding hydrogens is 416 g/mol. The lowest BCUT2D eigenvalue weighted by atomic mass is 10.2. The van der Waals surface area contributed by atoms with E-state index in [0.717, 1.165) is 55.4 Å². The van der Waals surface area contributed by atoms with E-state index in [9.17, 15) is 4.79 Å². The molecule has 0 spiro atoms. The van der Waals surface area contributed by atoms with E-state index in [1.54, 1.807) is 18.2 Å². The number of rotatable bonds is 7. The Balaban J connectivity index is 1.34.